The Kier molecular flexibility index (Phi) is 6.57. The van der Waals surface area contributed by atoms with Gasteiger partial charge in [-0.3, -0.25) is 14.5 Å². The first-order chi connectivity index (χ1) is 13.8. The van der Waals surface area contributed by atoms with Crippen molar-refractivity contribution in [1.29, 1.82) is 0 Å². The van der Waals surface area contributed by atoms with E-state index in [1.165, 1.54) is 6.42 Å². The molecular formula is C22H32N4O3. The largest absolute Gasteiger partial charge is 0.354 e. The molecule has 7 nitrogen and oxygen atoms in total. The van der Waals surface area contributed by atoms with Crippen LogP contribution in [0.5, 0.6) is 0 Å². The number of piperidine rings is 1. The number of nitrogens with one attached hydrogen (secondary N) is 2. The van der Waals surface area contributed by atoms with E-state index in [1.807, 2.05) is 18.2 Å². The molecule has 2 N–H and O–H groups in total. The van der Waals surface area contributed by atoms with Gasteiger partial charge >= 0.3 is 6.03 Å². The smallest absolute Gasteiger partial charge is 0.325 e. The maximum absolute atomic E-state index is 12.8. The van der Waals surface area contributed by atoms with Crippen LogP contribution in [0.25, 0.3) is 0 Å². The van der Waals surface area contributed by atoms with Gasteiger partial charge in [-0.05, 0) is 43.7 Å². The molecule has 0 bridgehead atoms. The molecule has 2 aliphatic rings. The molecule has 0 aliphatic carbocycles. The summed E-state index contributed by atoms with van der Waals surface area (Å²) < 4.78 is 0. The summed E-state index contributed by atoms with van der Waals surface area (Å²) in [6.07, 6.45) is 2.13. The lowest BCUT2D eigenvalue weighted by Gasteiger charge is -2.34. The Morgan fingerprint density at radius 2 is 1.83 bits per heavy atom. The highest BCUT2D eigenvalue weighted by Crippen LogP contribution is 2.28. The van der Waals surface area contributed by atoms with Crippen molar-refractivity contribution in [3.63, 3.8) is 0 Å². The second kappa shape index (κ2) is 8.95. The predicted octanol–water partition coefficient (Wildman–Crippen LogP) is 1.94. The van der Waals surface area contributed by atoms with E-state index in [1.54, 1.807) is 19.1 Å². The molecular weight excluding hydrogens is 368 g/mol. The van der Waals surface area contributed by atoms with Gasteiger partial charge in [-0.1, -0.05) is 44.2 Å². The van der Waals surface area contributed by atoms with E-state index in [0.717, 1.165) is 31.0 Å². The Bertz CT molecular complexity index is 744. The summed E-state index contributed by atoms with van der Waals surface area (Å²) in [5.74, 6) is 0.713. The SMILES string of the molecule is CC1CC(C)CN(CCCNC(=O)CN2C(=O)NC(C)(c3ccccc3)C2=O)C1. The van der Waals surface area contributed by atoms with Crippen molar-refractivity contribution in [1.82, 2.24) is 20.4 Å². The van der Waals surface area contributed by atoms with Crippen molar-refractivity contribution >= 4 is 17.8 Å². The zero-order valence-corrected chi connectivity index (χ0v) is 17.6. The summed E-state index contributed by atoms with van der Waals surface area (Å²) in [5, 5.41) is 5.56. The van der Waals surface area contributed by atoms with E-state index in [-0.39, 0.29) is 12.5 Å². The summed E-state index contributed by atoms with van der Waals surface area (Å²) in [6.45, 7) is 9.68. The predicted molar refractivity (Wildman–Crippen MR) is 111 cm³/mol. The van der Waals surface area contributed by atoms with Crippen molar-refractivity contribution in [2.45, 2.75) is 39.2 Å². The molecule has 2 saturated heterocycles. The standard InChI is InChI=1S/C22H32N4O3/c1-16-12-17(2)14-25(13-16)11-7-10-23-19(27)15-26-20(28)22(3,24-21(26)29)18-8-5-4-6-9-18/h4-6,8-9,16-17H,7,10-15H2,1-3H3,(H,23,27)(H,24,29). The molecule has 2 aliphatic heterocycles. The lowest BCUT2D eigenvalue weighted by Crippen LogP contribution is -2.44. The van der Waals surface area contributed by atoms with E-state index in [9.17, 15) is 14.4 Å². The Balaban J connectivity index is 1.46. The highest BCUT2D eigenvalue weighted by atomic mass is 16.2. The van der Waals surface area contributed by atoms with Crippen LogP contribution in [0.15, 0.2) is 30.3 Å². The fourth-order valence-corrected chi connectivity index (χ4v) is 4.51. The maximum atomic E-state index is 12.8. The molecule has 2 heterocycles. The van der Waals surface area contributed by atoms with Gasteiger partial charge in [0, 0.05) is 19.6 Å². The molecule has 0 radical (unpaired) electrons. The number of hydrogen-bond donors (Lipinski definition) is 2. The van der Waals surface area contributed by atoms with Crippen molar-refractivity contribution in [3.05, 3.63) is 35.9 Å². The zero-order chi connectivity index (χ0) is 21.0. The molecule has 7 heteroatoms. The van der Waals surface area contributed by atoms with E-state index in [4.69, 9.17) is 0 Å². The van der Waals surface area contributed by atoms with Crippen LogP contribution in [0.1, 0.15) is 39.2 Å². The summed E-state index contributed by atoms with van der Waals surface area (Å²) in [5.41, 5.74) is -0.438. The van der Waals surface area contributed by atoms with Crippen LogP contribution in [0.4, 0.5) is 4.79 Å². The highest BCUT2D eigenvalue weighted by molar-refractivity contribution is 6.09. The number of imide groups is 1. The first-order valence-electron chi connectivity index (χ1n) is 10.5. The topological polar surface area (TPSA) is 81.8 Å². The quantitative estimate of drug-likeness (QED) is 0.541. The normalized spacial score (nSPS) is 27.8. The van der Waals surface area contributed by atoms with Gasteiger partial charge in [0.15, 0.2) is 0 Å². The molecule has 0 saturated carbocycles. The molecule has 1 aromatic carbocycles. The third kappa shape index (κ3) is 4.96. The first kappa shape index (κ1) is 21.3. The summed E-state index contributed by atoms with van der Waals surface area (Å²) >= 11 is 0. The van der Waals surface area contributed by atoms with Crippen LogP contribution >= 0.6 is 0 Å². The lowest BCUT2D eigenvalue weighted by molar-refractivity contribution is -0.134. The van der Waals surface area contributed by atoms with Crippen molar-refractivity contribution in [2.24, 2.45) is 11.8 Å². The molecule has 3 rings (SSSR count). The number of amides is 4. The Hall–Kier alpha value is -2.41. The van der Waals surface area contributed by atoms with Crippen LogP contribution < -0.4 is 10.6 Å². The number of hydrogen-bond acceptors (Lipinski definition) is 4. The number of benzene rings is 1. The van der Waals surface area contributed by atoms with E-state index in [0.29, 0.717) is 23.9 Å². The molecule has 29 heavy (non-hydrogen) atoms. The number of urea groups is 1. The van der Waals surface area contributed by atoms with Gasteiger partial charge in [-0.25, -0.2) is 4.79 Å². The summed E-state index contributed by atoms with van der Waals surface area (Å²) in [4.78, 5) is 40.9. The minimum Gasteiger partial charge on any atom is -0.354 e. The zero-order valence-electron chi connectivity index (χ0n) is 17.6. The number of carbonyl (C=O) groups is 3. The molecule has 1 aromatic rings. The monoisotopic (exact) mass is 400 g/mol. The van der Waals surface area contributed by atoms with Gasteiger partial charge in [0.05, 0.1) is 0 Å². The lowest BCUT2D eigenvalue weighted by atomic mass is 9.92. The summed E-state index contributed by atoms with van der Waals surface area (Å²) in [7, 11) is 0. The molecule has 4 amide bonds. The van der Waals surface area contributed by atoms with Crippen molar-refractivity contribution < 1.29 is 14.4 Å². The fraction of sp³-hybridized carbons (Fsp3) is 0.591. The minimum absolute atomic E-state index is 0.259. The van der Waals surface area contributed by atoms with E-state index >= 15 is 0 Å². The second-order valence-corrected chi connectivity index (χ2v) is 8.72. The number of rotatable bonds is 7. The van der Waals surface area contributed by atoms with E-state index < -0.39 is 17.5 Å². The van der Waals surface area contributed by atoms with Gasteiger partial charge < -0.3 is 15.5 Å². The molecule has 158 valence electrons. The highest BCUT2D eigenvalue weighted by Gasteiger charge is 2.49. The van der Waals surface area contributed by atoms with Crippen LogP contribution in [0, 0.1) is 11.8 Å². The fourth-order valence-electron chi connectivity index (χ4n) is 4.51. The maximum Gasteiger partial charge on any atom is 0.325 e. The average Bonchev–Trinajstić information content (AvgIpc) is 2.89. The second-order valence-electron chi connectivity index (χ2n) is 8.72. The van der Waals surface area contributed by atoms with Crippen LogP contribution in [-0.4, -0.2) is 60.4 Å². The third-order valence-electron chi connectivity index (χ3n) is 5.85. The molecule has 3 atom stereocenters. The average molecular weight is 401 g/mol. The Morgan fingerprint density at radius 1 is 1.17 bits per heavy atom. The Morgan fingerprint density at radius 3 is 2.48 bits per heavy atom. The Labute approximate surface area is 172 Å². The van der Waals surface area contributed by atoms with Crippen molar-refractivity contribution in [2.75, 3.05) is 32.7 Å². The minimum atomic E-state index is -1.14. The van der Waals surface area contributed by atoms with Gasteiger partial charge in [0.25, 0.3) is 5.91 Å². The number of likely N-dealkylation sites (tertiary alicyclic amines) is 1. The third-order valence-corrected chi connectivity index (χ3v) is 5.85. The number of nitrogens with zero attached hydrogens (tertiary/aromatic N) is 2. The van der Waals surface area contributed by atoms with Crippen LogP contribution in [-0.2, 0) is 15.1 Å². The van der Waals surface area contributed by atoms with E-state index in [2.05, 4.69) is 29.4 Å². The molecule has 0 spiro atoms. The van der Waals surface area contributed by atoms with Gasteiger partial charge in [-0.2, -0.15) is 0 Å². The van der Waals surface area contributed by atoms with Gasteiger partial charge in [-0.15, -0.1) is 0 Å². The molecule has 2 fully saturated rings. The number of carbonyl (C=O) groups excluding carboxylic acids is 3. The van der Waals surface area contributed by atoms with Crippen LogP contribution in [0.3, 0.4) is 0 Å². The molecule has 3 unspecified atom stereocenters. The molecule has 0 aromatic heterocycles. The summed E-state index contributed by atoms with van der Waals surface area (Å²) in [6, 6.07) is 8.55. The van der Waals surface area contributed by atoms with Gasteiger partial charge in [0.2, 0.25) is 5.91 Å². The van der Waals surface area contributed by atoms with Gasteiger partial charge in [0.1, 0.15) is 12.1 Å². The first-order valence-corrected chi connectivity index (χ1v) is 10.5. The van der Waals surface area contributed by atoms with Crippen molar-refractivity contribution in [3.8, 4) is 0 Å². The van der Waals surface area contributed by atoms with Crippen LogP contribution in [0.2, 0.25) is 0 Å².